The highest BCUT2D eigenvalue weighted by Gasteiger charge is 2.26. The molecular formula is C28H43N5O4. The number of carbonyl (C=O) groups excluding carboxylic acids is 2. The number of ether oxygens (including phenoxy) is 2. The number of para-hydroxylation sites is 1. The molecule has 9 heteroatoms. The Morgan fingerprint density at radius 3 is 2.41 bits per heavy atom. The standard InChI is InChI=1S/C28H43N5O4/c1-22(34)11-16-36-18-19-37-17-12-29-23-8-13-32(14-9-23)28(35)10-15-33-26-7-5-4-6-24(26)25-20-30(2)31(3)21-27(25)33/h4-7,23,29H,8-21H2,1-3H3. The van der Waals surface area contributed by atoms with Gasteiger partial charge in [0, 0.05) is 82.3 Å². The van der Waals surface area contributed by atoms with Gasteiger partial charge in [-0.2, -0.15) is 0 Å². The smallest absolute Gasteiger partial charge is 0.224 e. The summed E-state index contributed by atoms with van der Waals surface area (Å²) in [5.74, 6) is 0.395. The third kappa shape index (κ3) is 7.39. The summed E-state index contributed by atoms with van der Waals surface area (Å²) < 4.78 is 13.3. The number of ketones is 1. The van der Waals surface area contributed by atoms with E-state index in [1.165, 1.54) is 22.2 Å². The van der Waals surface area contributed by atoms with Crippen LogP contribution in [0.1, 0.15) is 43.9 Å². The summed E-state index contributed by atoms with van der Waals surface area (Å²) in [6.07, 6.45) is 2.94. The Labute approximate surface area is 220 Å². The summed E-state index contributed by atoms with van der Waals surface area (Å²) in [4.78, 5) is 26.0. The van der Waals surface area contributed by atoms with Gasteiger partial charge >= 0.3 is 0 Å². The zero-order valence-electron chi connectivity index (χ0n) is 22.7. The van der Waals surface area contributed by atoms with Crippen molar-refractivity contribution in [1.82, 2.24) is 24.8 Å². The second kappa shape index (κ2) is 13.5. The van der Waals surface area contributed by atoms with E-state index >= 15 is 0 Å². The molecule has 0 unspecified atom stereocenters. The van der Waals surface area contributed by atoms with Gasteiger partial charge < -0.3 is 24.3 Å². The molecular weight excluding hydrogens is 470 g/mol. The Balaban J connectivity index is 1.17. The second-order valence-corrected chi connectivity index (χ2v) is 10.3. The van der Waals surface area contributed by atoms with Crippen LogP contribution >= 0.6 is 0 Å². The van der Waals surface area contributed by atoms with Crippen LogP contribution in [0.2, 0.25) is 0 Å². The molecule has 0 bridgehead atoms. The molecule has 2 aromatic rings. The number of piperidine rings is 1. The van der Waals surface area contributed by atoms with Crippen LogP contribution in [-0.4, -0.2) is 97.4 Å². The summed E-state index contributed by atoms with van der Waals surface area (Å²) in [5.41, 5.74) is 3.96. The Morgan fingerprint density at radius 2 is 1.65 bits per heavy atom. The Kier molecular flexibility index (Phi) is 10.1. The Morgan fingerprint density at radius 1 is 0.946 bits per heavy atom. The SMILES string of the molecule is CC(=O)CCOCCOCCNC1CCN(C(=O)CCn2c3c(c4ccccc42)CN(C)N(C)C3)CC1. The predicted octanol–water partition coefficient (Wildman–Crippen LogP) is 2.42. The van der Waals surface area contributed by atoms with Crippen LogP contribution in [0, 0.1) is 0 Å². The first-order valence-electron chi connectivity index (χ1n) is 13.6. The highest BCUT2D eigenvalue weighted by Crippen LogP contribution is 2.31. The van der Waals surface area contributed by atoms with Crippen molar-refractivity contribution >= 4 is 22.6 Å². The van der Waals surface area contributed by atoms with E-state index < -0.39 is 0 Å². The Hall–Kier alpha value is -2.30. The number of nitrogens with one attached hydrogen (secondary N) is 1. The van der Waals surface area contributed by atoms with E-state index in [0.717, 1.165) is 52.1 Å². The topological polar surface area (TPSA) is 79.3 Å². The number of Topliss-reactive ketones (excluding diaryl/α,β-unsaturated/α-hetero) is 1. The van der Waals surface area contributed by atoms with E-state index in [4.69, 9.17) is 9.47 Å². The van der Waals surface area contributed by atoms with E-state index in [2.05, 4.69) is 58.3 Å². The summed E-state index contributed by atoms with van der Waals surface area (Å²) >= 11 is 0. The number of likely N-dealkylation sites (tertiary alicyclic amines) is 1. The predicted molar refractivity (Wildman–Crippen MR) is 144 cm³/mol. The van der Waals surface area contributed by atoms with Crippen molar-refractivity contribution in [2.24, 2.45) is 0 Å². The molecule has 204 valence electrons. The number of aryl methyl sites for hydroxylation is 1. The summed E-state index contributed by atoms with van der Waals surface area (Å²) in [6, 6.07) is 9.01. The van der Waals surface area contributed by atoms with Crippen molar-refractivity contribution in [3.05, 3.63) is 35.5 Å². The molecule has 0 aliphatic carbocycles. The molecule has 3 heterocycles. The van der Waals surface area contributed by atoms with Gasteiger partial charge in [0.2, 0.25) is 5.91 Å². The van der Waals surface area contributed by atoms with Gasteiger partial charge in [-0.25, -0.2) is 10.0 Å². The minimum Gasteiger partial charge on any atom is -0.379 e. The number of amides is 1. The number of nitrogens with zero attached hydrogens (tertiary/aromatic N) is 4. The number of benzene rings is 1. The second-order valence-electron chi connectivity index (χ2n) is 10.3. The van der Waals surface area contributed by atoms with E-state index in [-0.39, 0.29) is 11.7 Å². The van der Waals surface area contributed by atoms with Crippen LogP contribution in [-0.2, 0) is 38.7 Å². The first kappa shape index (κ1) is 27.7. The molecule has 1 amide bonds. The molecule has 4 rings (SSSR count). The van der Waals surface area contributed by atoms with Gasteiger partial charge in [0.25, 0.3) is 0 Å². The molecule has 0 atom stereocenters. The van der Waals surface area contributed by atoms with Crippen molar-refractivity contribution in [3.63, 3.8) is 0 Å². The lowest BCUT2D eigenvalue weighted by Crippen LogP contribution is -2.45. The number of aromatic nitrogens is 1. The molecule has 1 saturated heterocycles. The molecule has 0 radical (unpaired) electrons. The minimum absolute atomic E-state index is 0.146. The zero-order valence-corrected chi connectivity index (χ0v) is 22.7. The maximum atomic E-state index is 13.1. The van der Waals surface area contributed by atoms with Gasteiger partial charge in [-0.15, -0.1) is 0 Å². The molecule has 2 aliphatic rings. The van der Waals surface area contributed by atoms with E-state index in [9.17, 15) is 9.59 Å². The largest absolute Gasteiger partial charge is 0.379 e. The van der Waals surface area contributed by atoms with Gasteiger partial charge in [-0.05, 0) is 31.4 Å². The Bertz CT molecular complexity index is 1050. The fourth-order valence-electron chi connectivity index (χ4n) is 5.30. The van der Waals surface area contributed by atoms with Crippen LogP contribution in [0.15, 0.2) is 24.3 Å². The average molecular weight is 514 g/mol. The zero-order chi connectivity index (χ0) is 26.2. The van der Waals surface area contributed by atoms with Crippen LogP contribution in [0.5, 0.6) is 0 Å². The molecule has 1 N–H and O–H groups in total. The maximum absolute atomic E-state index is 13.1. The third-order valence-electron chi connectivity index (χ3n) is 7.59. The van der Waals surface area contributed by atoms with Crippen LogP contribution in [0.25, 0.3) is 10.9 Å². The highest BCUT2D eigenvalue weighted by molar-refractivity contribution is 5.86. The van der Waals surface area contributed by atoms with Crippen molar-refractivity contribution in [2.75, 3.05) is 60.2 Å². The maximum Gasteiger partial charge on any atom is 0.224 e. The normalized spacial score (nSPS) is 17.4. The van der Waals surface area contributed by atoms with Gasteiger partial charge in [-0.1, -0.05) is 18.2 Å². The van der Waals surface area contributed by atoms with Crippen LogP contribution < -0.4 is 5.32 Å². The number of hydrazine groups is 1. The minimum atomic E-state index is 0.146. The van der Waals surface area contributed by atoms with Crippen molar-refractivity contribution < 1.29 is 19.1 Å². The fraction of sp³-hybridized carbons (Fsp3) is 0.643. The average Bonchev–Trinajstić information content (AvgIpc) is 3.19. The number of hydrogen-bond donors (Lipinski definition) is 1. The van der Waals surface area contributed by atoms with Gasteiger partial charge in [0.05, 0.1) is 33.0 Å². The van der Waals surface area contributed by atoms with Crippen molar-refractivity contribution in [2.45, 2.75) is 58.3 Å². The van der Waals surface area contributed by atoms with Crippen LogP contribution in [0.3, 0.4) is 0 Å². The van der Waals surface area contributed by atoms with Crippen molar-refractivity contribution in [1.29, 1.82) is 0 Å². The summed E-state index contributed by atoms with van der Waals surface area (Å²) in [5, 5.41) is 9.35. The molecule has 0 saturated carbocycles. The summed E-state index contributed by atoms with van der Waals surface area (Å²) in [7, 11) is 4.24. The van der Waals surface area contributed by atoms with Gasteiger partial charge in [0.15, 0.2) is 0 Å². The lowest BCUT2D eigenvalue weighted by molar-refractivity contribution is -0.132. The molecule has 0 spiro atoms. The monoisotopic (exact) mass is 513 g/mol. The molecule has 1 aromatic heterocycles. The fourth-order valence-corrected chi connectivity index (χ4v) is 5.30. The van der Waals surface area contributed by atoms with Gasteiger partial charge in [0.1, 0.15) is 5.78 Å². The van der Waals surface area contributed by atoms with E-state index in [1.54, 1.807) is 6.92 Å². The molecule has 37 heavy (non-hydrogen) atoms. The first-order chi connectivity index (χ1) is 17.9. The quantitative estimate of drug-likeness (QED) is 0.412. The molecule has 2 aliphatic heterocycles. The van der Waals surface area contributed by atoms with E-state index in [0.29, 0.717) is 45.3 Å². The highest BCUT2D eigenvalue weighted by atomic mass is 16.5. The molecule has 9 nitrogen and oxygen atoms in total. The molecule has 1 fully saturated rings. The number of fused-ring (bicyclic) bond motifs is 3. The van der Waals surface area contributed by atoms with Crippen molar-refractivity contribution in [3.8, 4) is 0 Å². The number of carbonyl (C=O) groups is 2. The van der Waals surface area contributed by atoms with E-state index in [1.807, 2.05) is 4.90 Å². The molecule has 1 aromatic carbocycles. The summed E-state index contributed by atoms with van der Waals surface area (Å²) in [6.45, 7) is 8.61. The lowest BCUT2D eigenvalue weighted by Gasteiger charge is -2.34. The lowest BCUT2D eigenvalue weighted by atomic mass is 10.0. The van der Waals surface area contributed by atoms with Crippen LogP contribution in [0.4, 0.5) is 0 Å². The number of rotatable bonds is 13. The number of hydrogen-bond acceptors (Lipinski definition) is 7. The van der Waals surface area contributed by atoms with Gasteiger partial charge in [-0.3, -0.25) is 9.59 Å². The first-order valence-corrected chi connectivity index (χ1v) is 13.6. The third-order valence-corrected chi connectivity index (χ3v) is 7.59.